The Bertz CT molecular complexity index is 417. The summed E-state index contributed by atoms with van der Waals surface area (Å²) in [6.07, 6.45) is -5.56. The third-order valence-electron chi connectivity index (χ3n) is 1.89. The van der Waals surface area contributed by atoms with Gasteiger partial charge in [0.25, 0.3) is 5.91 Å². The third-order valence-corrected chi connectivity index (χ3v) is 1.89. The van der Waals surface area contributed by atoms with Crippen LogP contribution in [0.15, 0.2) is 18.2 Å². The van der Waals surface area contributed by atoms with Gasteiger partial charge >= 0.3 is 6.18 Å². The number of phenols is 1. The summed E-state index contributed by atoms with van der Waals surface area (Å²) in [7, 11) is 0. The van der Waals surface area contributed by atoms with Crippen LogP contribution in [0.25, 0.3) is 0 Å². The first-order valence-corrected chi connectivity index (χ1v) is 4.63. The van der Waals surface area contributed by atoms with Crippen molar-refractivity contribution >= 4 is 5.91 Å². The molecule has 94 valence electrons. The Morgan fingerprint density at radius 2 is 2.00 bits per heavy atom. The molecule has 0 unspecified atom stereocenters. The van der Waals surface area contributed by atoms with Gasteiger partial charge in [-0.3, -0.25) is 4.79 Å². The monoisotopic (exact) mass is 251 g/mol. The summed E-state index contributed by atoms with van der Waals surface area (Å²) in [4.78, 5) is 11.3. The average molecular weight is 251 g/mol. The molecule has 0 saturated heterocycles. The van der Waals surface area contributed by atoms with E-state index in [1.807, 2.05) is 5.32 Å². The van der Waals surface area contributed by atoms with Gasteiger partial charge in [0.1, 0.15) is 11.6 Å². The Morgan fingerprint density at radius 3 is 2.53 bits per heavy atom. The summed E-state index contributed by atoms with van der Waals surface area (Å²) in [5, 5.41) is 10.8. The molecule has 1 aromatic carbocycles. The van der Waals surface area contributed by atoms with E-state index in [1.54, 1.807) is 0 Å². The fraction of sp³-hybridized carbons (Fsp3) is 0.300. The maximum atomic E-state index is 13.1. The van der Waals surface area contributed by atoms with Gasteiger partial charge in [-0.25, -0.2) is 4.39 Å². The molecule has 7 heteroatoms. The third kappa shape index (κ3) is 4.29. The van der Waals surface area contributed by atoms with E-state index in [1.165, 1.54) is 0 Å². The van der Waals surface area contributed by atoms with Crippen molar-refractivity contribution in [2.75, 3.05) is 6.54 Å². The van der Waals surface area contributed by atoms with Crippen LogP contribution in [0.2, 0.25) is 0 Å². The topological polar surface area (TPSA) is 49.3 Å². The van der Waals surface area contributed by atoms with E-state index in [9.17, 15) is 22.4 Å². The van der Waals surface area contributed by atoms with Crippen LogP contribution in [-0.4, -0.2) is 23.7 Å². The zero-order chi connectivity index (χ0) is 13.1. The van der Waals surface area contributed by atoms with Crippen molar-refractivity contribution in [3.05, 3.63) is 29.6 Å². The van der Waals surface area contributed by atoms with Gasteiger partial charge in [-0.1, -0.05) is 0 Å². The predicted octanol–water partition coefficient (Wildman–Crippen LogP) is 2.21. The van der Waals surface area contributed by atoms with Gasteiger partial charge < -0.3 is 10.4 Å². The van der Waals surface area contributed by atoms with Gasteiger partial charge in [-0.15, -0.1) is 0 Å². The number of carbonyl (C=O) groups is 1. The molecule has 1 aromatic rings. The molecule has 0 fully saturated rings. The highest BCUT2D eigenvalue weighted by Gasteiger charge is 2.26. The molecule has 0 heterocycles. The SMILES string of the molecule is O=C(NCCC(F)(F)F)c1ccc(O)cc1F. The lowest BCUT2D eigenvalue weighted by molar-refractivity contribution is -0.132. The Kier molecular flexibility index (Phi) is 3.93. The Balaban J connectivity index is 2.59. The zero-order valence-corrected chi connectivity index (χ0v) is 8.51. The number of hydrogen-bond donors (Lipinski definition) is 2. The van der Waals surface area contributed by atoms with Gasteiger partial charge in [0, 0.05) is 12.6 Å². The number of halogens is 4. The molecule has 0 aromatic heterocycles. The summed E-state index contributed by atoms with van der Waals surface area (Å²) in [5.41, 5.74) is -0.412. The van der Waals surface area contributed by atoms with E-state index in [2.05, 4.69) is 0 Å². The summed E-state index contributed by atoms with van der Waals surface area (Å²) in [5.74, 6) is -2.31. The van der Waals surface area contributed by atoms with Crippen LogP contribution in [0.1, 0.15) is 16.8 Å². The van der Waals surface area contributed by atoms with Crippen molar-refractivity contribution < 1.29 is 27.5 Å². The minimum absolute atomic E-state index is 0.366. The zero-order valence-electron chi connectivity index (χ0n) is 8.51. The smallest absolute Gasteiger partial charge is 0.390 e. The lowest BCUT2D eigenvalue weighted by atomic mass is 10.2. The van der Waals surface area contributed by atoms with Gasteiger partial charge in [0.15, 0.2) is 0 Å². The molecule has 17 heavy (non-hydrogen) atoms. The summed E-state index contributed by atoms with van der Waals surface area (Å²) < 4.78 is 48.5. The second-order valence-electron chi connectivity index (χ2n) is 3.29. The number of aromatic hydroxyl groups is 1. The number of carbonyl (C=O) groups excluding carboxylic acids is 1. The first kappa shape index (κ1) is 13.3. The lowest BCUT2D eigenvalue weighted by Crippen LogP contribution is -2.28. The fourth-order valence-electron chi connectivity index (χ4n) is 1.10. The second kappa shape index (κ2) is 5.03. The van der Waals surface area contributed by atoms with Crippen LogP contribution < -0.4 is 5.32 Å². The van der Waals surface area contributed by atoms with E-state index in [-0.39, 0.29) is 5.75 Å². The quantitative estimate of drug-likeness (QED) is 0.809. The van der Waals surface area contributed by atoms with Crippen LogP contribution in [0.5, 0.6) is 5.75 Å². The van der Waals surface area contributed by atoms with Crippen molar-refractivity contribution in [1.29, 1.82) is 0 Å². The van der Waals surface area contributed by atoms with E-state index in [0.29, 0.717) is 6.07 Å². The van der Waals surface area contributed by atoms with Crippen molar-refractivity contribution in [2.45, 2.75) is 12.6 Å². The molecule has 0 aliphatic carbocycles. The highest BCUT2D eigenvalue weighted by molar-refractivity contribution is 5.94. The Labute approximate surface area is 94.1 Å². The van der Waals surface area contributed by atoms with E-state index >= 15 is 0 Å². The van der Waals surface area contributed by atoms with E-state index in [0.717, 1.165) is 12.1 Å². The largest absolute Gasteiger partial charge is 0.508 e. The van der Waals surface area contributed by atoms with Crippen molar-refractivity contribution in [1.82, 2.24) is 5.32 Å². The Hall–Kier alpha value is -1.79. The van der Waals surface area contributed by atoms with Gasteiger partial charge in [-0.05, 0) is 12.1 Å². The molecular formula is C10H9F4NO2. The molecule has 0 atom stereocenters. The standard InChI is InChI=1S/C10H9F4NO2/c11-8-5-6(16)1-2-7(8)9(17)15-4-3-10(12,13)14/h1-2,5,16H,3-4H2,(H,15,17). The van der Waals surface area contributed by atoms with Crippen LogP contribution >= 0.6 is 0 Å². The highest BCUT2D eigenvalue weighted by Crippen LogP contribution is 2.18. The molecular weight excluding hydrogens is 242 g/mol. The van der Waals surface area contributed by atoms with Gasteiger partial charge in [0.05, 0.1) is 12.0 Å². The van der Waals surface area contributed by atoms with Crippen LogP contribution in [0, 0.1) is 5.82 Å². The fourth-order valence-corrected chi connectivity index (χ4v) is 1.10. The second-order valence-corrected chi connectivity index (χ2v) is 3.29. The molecule has 1 rings (SSSR count). The molecule has 0 aliphatic heterocycles. The molecule has 0 bridgehead atoms. The summed E-state index contributed by atoms with van der Waals surface area (Å²) in [6.45, 7) is -0.622. The minimum atomic E-state index is -4.37. The average Bonchev–Trinajstić information content (AvgIpc) is 2.15. The van der Waals surface area contributed by atoms with E-state index < -0.39 is 36.4 Å². The maximum Gasteiger partial charge on any atom is 0.390 e. The molecule has 0 spiro atoms. The number of rotatable bonds is 3. The van der Waals surface area contributed by atoms with Crippen molar-refractivity contribution in [3.63, 3.8) is 0 Å². The van der Waals surface area contributed by atoms with Gasteiger partial charge in [-0.2, -0.15) is 13.2 Å². The molecule has 3 nitrogen and oxygen atoms in total. The van der Waals surface area contributed by atoms with Crippen LogP contribution in [0.4, 0.5) is 17.6 Å². The summed E-state index contributed by atoms with van der Waals surface area (Å²) in [6, 6.07) is 2.77. The maximum absolute atomic E-state index is 13.1. The predicted molar refractivity (Wildman–Crippen MR) is 51.1 cm³/mol. The normalized spacial score (nSPS) is 11.3. The van der Waals surface area contributed by atoms with Crippen LogP contribution in [0.3, 0.4) is 0 Å². The molecule has 0 aliphatic rings. The van der Waals surface area contributed by atoms with E-state index in [4.69, 9.17) is 5.11 Å². The first-order valence-electron chi connectivity index (χ1n) is 4.63. The number of alkyl halides is 3. The number of hydrogen-bond acceptors (Lipinski definition) is 2. The molecule has 0 saturated carbocycles. The van der Waals surface area contributed by atoms with Crippen molar-refractivity contribution in [2.24, 2.45) is 0 Å². The first-order chi connectivity index (χ1) is 7.79. The molecule has 1 amide bonds. The number of benzene rings is 1. The van der Waals surface area contributed by atoms with Gasteiger partial charge in [0.2, 0.25) is 0 Å². The lowest BCUT2D eigenvalue weighted by Gasteiger charge is -2.08. The van der Waals surface area contributed by atoms with Crippen molar-refractivity contribution in [3.8, 4) is 5.75 Å². The molecule has 2 N–H and O–H groups in total. The number of phenolic OH excluding ortho intramolecular Hbond substituents is 1. The Morgan fingerprint density at radius 1 is 1.35 bits per heavy atom. The summed E-state index contributed by atoms with van der Waals surface area (Å²) >= 11 is 0. The highest BCUT2D eigenvalue weighted by atomic mass is 19.4. The minimum Gasteiger partial charge on any atom is -0.508 e. The molecule has 0 radical (unpaired) electrons. The number of amides is 1. The van der Waals surface area contributed by atoms with Crippen LogP contribution in [-0.2, 0) is 0 Å². The number of nitrogens with one attached hydrogen (secondary N) is 1.